The number of alkyl halides is 3. The number of H-pyrrole nitrogens is 1. The van der Waals surface area contributed by atoms with Crippen LogP contribution >= 0.6 is 0 Å². The van der Waals surface area contributed by atoms with E-state index in [1.54, 1.807) is 6.20 Å². The number of imidazole rings is 1. The molecule has 0 saturated heterocycles. The van der Waals surface area contributed by atoms with E-state index in [2.05, 4.69) is 20.3 Å². The Bertz CT molecular complexity index is 479. The number of nitrogens with one attached hydrogen (secondary N) is 2. The van der Waals surface area contributed by atoms with Crippen molar-refractivity contribution in [3.05, 3.63) is 42.1 Å². The molecule has 0 saturated carbocycles. The standard InChI is InChI=1S/C10H9F3N4/c11-10(12,13)8-2-1-3-9(17-8)15-5-7-4-14-6-16-7/h1-4,6H,5H2,(H,14,16)(H,15,17). The number of aromatic amines is 1. The molecular weight excluding hydrogens is 233 g/mol. The first-order valence-corrected chi connectivity index (χ1v) is 4.81. The maximum absolute atomic E-state index is 12.4. The zero-order valence-electron chi connectivity index (χ0n) is 8.62. The molecule has 7 heteroatoms. The number of hydrogen-bond acceptors (Lipinski definition) is 3. The lowest BCUT2D eigenvalue weighted by Crippen LogP contribution is -2.10. The van der Waals surface area contributed by atoms with Gasteiger partial charge in [-0.2, -0.15) is 13.2 Å². The van der Waals surface area contributed by atoms with Crippen LogP contribution in [0.15, 0.2) is 30.7 Å². The molecule has 0 amide bonds. The molecule has 90 valence electrons. The third-order valence-electron chi connectivity index (χ3n) is 2.05. The topological polar surface area (TPSA) is 53.6 Å². The van der Waals surface area contributed by atoms with Gasteiger partial charge >= 0.3 is 6.18 Å². The minimum atomic E-state index is -4.42. The number of pyridine rings is 1. The van der Waals surface area contributed by atoms with Crippen molar-refractivity contribution in [3.63, 3.8) is 0 Å². The van der Waals surface area contributed by atoms with Crippen molar-refractivity contribution < 1.29 is 13.2 Å². The molecule has 0 unspecified atom stereocenters. The smallest absolute Gasteiger partial charge is 0.364 e. The van der Waals surface area contributed by atoms with Crippen molar-refractivity contribution in [2.75, 3.05) is 5.32 Å². The van der Waals surface area contributed by atoms with Crippen LogP contribution in [0.2, 0.25) is 0 Å². The van der Waals surface area contributed by atoms with Gasteiger partial charge in [-0.1, -0.05) is 6.07 Å². The van der Waals surface area contributed by atoms with E-state index in [4.69, 9.17) is 0 Å². The lowest BCUT2D eigenvalue weighted by Gasteiger charge is -2.08. The van der Waals surface area contributed by atoms with Crippen LogP contribution in [0.1, 0.15) is 11.4 Å². The van der Waals surface area contributed by atoms with Gasteiger partial charge in [0.15, 0.2) is 0 Å². The summed E-state index contributed by atoms with van der Waals surface area (Å²) in [7, 11) is 0. The summed E-state index contributed by atoms with van der Waals surface area (Å²) >= 11 is 0. The maximum Gasteiger partial charge on any atom is 0.433 e. The fourth-order valence-corrected chi connectivity index (χ4v) is 1.26. The second-order valence-corrected chi connectivity index (χ2v) is 3.34. The van der Waals surface area contributed by atoms with Crippen LogP contribution < -0.4 is 5.32 Å². The number of rotatable bonds is 3. The minimum Gasteiger partial charge on any atom is -0.364 e. The zero-order chi connectivity index (χ0) is 12.3. The predicted octanol–water partition coefficient (Wildman–Crippen LogP) is 2.44. The van der Waals surface area contributed by atoms with E-state index < -0.39 is 11.9 Å². The first kappa shape index (κ1) is 11.4. The highest BCUT2D eigenvalue weighted by molar-refractivity contribution is 5.36. The molecule has 0 bridgehead atoms. The van der Waals surface area contributed by atoms with E-state index in [-0.39, 0.29) is 5.82 Å². The molecule has 0 aliphatic heterocycles. The van der Waals surface area contributed by atoms with Gasteiger partial charge in [0, 0.05) is 6.20 Å². The van der Waals surface area contributed by atoms with Gasteiger partial charge in [0.2, 0.25) is 0 Å². The van der Waals surface area contributed by atoms with Gasteiger partial charge in [-0.15, -0.1) is 0 Å². The van der Waals surface area contributed by atoms with Gasteiger partial charge in [-0.05, 0) is 12.1 Å². The number of nitrogens with zero attached hydrogens (tertiary/aromatic N) is 2. The van der Waals surface area contributed by atoms with E-state index in [1.165, 1.54) is 18.5 Å². The van der Waals surface area contributed by atoms with E-state index in [9.17, 15) is 13.2 Å². The van der Waals surface area contributed by atoms with Crippen molar-refractivity contribution in [2.24, 2.45) is 0 Å². The van der Waals surface area contributed by atoms with E-state index in [0.29, 0.717) is 6.54 Å². The van der Waals surface area contributed by atoms with E-state index in [1.807, 2.05) is 0 Å². The van der Waals surface area contributed by atoms with Crippen LogP contribution in [0.3, 0.4) is 0 Å². The number of aromatic nitrogens is 3. The lowest BCUT2D eigenvalue weighted by atomic mass is 10.3. The molecule has 0 fully saturated rings. The first-order chi connectivity index (χ1) is 8.05. The molecular formula is C10H9F3N4. The molecule has 0 atom stereocenters. The summed E-state index contributed by atoms with van der Waals surface area (Å²) in [5.74, 6) is 0.175. The number of anilines is 1. The Balaban J connectivity index is 2.07. The van der Waals surface area contributed by atoms with Gasteiger partial charge in [0.25, 0.3) is 0 Å². The second kappa shape index (κ2) is 4.44. The van der Waals surface area contributed by atoms with E-state index in [0.717, 1.165) is 11.8 Å². The SMILES string of the molecule is FC(F)(F)c1cccc(NCc2cnc[nH]2)n1. The predicted molar refractivity (Wildman–Crippen MR) is 55.2 cm³/mol. The van der Waals surface area contributed by atoms with E-state index >= 15 is 0 Å². The summed E-state index contributed by atoms with van der Waals surface area (Å²) < 4.78 is 37.1. The summed E-state index contributed by atoms with van der Waals surface area (Å²) in [6.07, 6.45) is -1.34. The molecule has 2 heterocycles. The molecule has 0 aliphatic carbocycles. The van der Waals surface area contributed by atoms with Crippen LogP contribution in [0, 0.1) is 0 Å². The number of hydrogen-bond donors (Lipinski definition) is 2. The van der Waals surface area contributed by atoms with Crippen molar-refractivity contribution in [1.29, 1.82) is 0 Å². The Kier molecular flexibility index (Phi) is 2.99. The van der Waals surface area contributed by atoms with Gasteiger partial charge < -0.3 is 10.3 Å². The summed E-state index contributed by atoms with van der Waals surface area (Å²) in [6, 6.07) is 3.72. The lowest BCUT2D eigenvalue weighted by molar-refractivity contribution is -0.141. The van der Waals surface area contributed by atoms with Crippen molar-refractivity contribution >= 4 is 5.82 Å². The van der Waals surface area contributed by atoms with Crippen LogP contribution in [-0.4, -0.2) is 15.0 Å². The average molecular weight is 242 g/mol. The van der Waals surface area contributed by atoms with Crippen LogP contribution in [-0.2, 0) is 12.7 Å². The summed E-state index contributed by atoms with van der Waals surface area (Å²) in [5.41, 5.74) is -0.142. The number of halogens is 3. The Labute approximate surface area is 94.9 Å². The Morgan fingerprint density at radius 1 is 1.29 bits per heavy atom. The summed E-state index contributed by atoms with van der Waals surface area (Å²) in [5, 5.41) is 2.78. The maximum atomic E-state index is 12.4. The summed E-state index contributed by atoms with van der Waals surface area (Å²) in [6.45, 7) is 0.342. The molecule has 2 rings (SSSR count). The molecule has 0 aliphatic rings. The van der Waals surface area contributed by atoms with Gasteiger partial charge in [-0.3, -0.25) is 0 Å². The molecule has 17 heavy (non-hydrogen) atoms. The molecule has 2 aromatic heterocycles. The van der Waals surface area contributed by atoms with Crippen LogP contribution in [0.25, 0.3) is 0 Å². The third-order valence-corrected chi connectivity index (χ3v) is 2.05. The van der Waals surface area contributed by atoms with Crippen LogP contribution in [0.5, 0.6) is 0 Å². The molecule has 0 radical (unpaired) electrons. The van der Waals surface area contributed by atoms with Gasteiger partial charge in [0.1, 0.15) is 11.5 Å². The van der Waals surface area contributed by atoms with Crippen molar-refractivity contribution in [2.45, 2.75) is 12.7 Å². The fourth-order valence-electron chi connectivity index (χ4n) is 1.26. The Morgan fingerprint density at radius 3 is 2.76 bits per heavy atom. The van der Waals surface area contributed by atoms with Gasteiger partial charge in [0.05, 0.1) is 18.6 Å². The van der Waals surface area contributed by atoms with Crippen LogP contribution in [0.4, 0.5) is 19.0 Å². The highest BCUT2D eigenvalue weighted by atomic mass is 19.4. The second-order valence-electron chi connectivity index (χ2n) is 3.34. The Hall–Kier alpha value is -2.05. The van der Waals surface area contributed by atoms with Crippen molar-refractivity contribution in [1.82, 2.24) is 15.0 Å². The molecule has 0 spiro atoms. The fraction of sp³-hybridized carbons (Fsp3) is 0.200. The summed E-state index contributed by atoms with van der Waals surface area (Å²) in [4.78, 5) is 10.1. The largest absolute Gasteiger partial charge is 0.433 e. The first-order valence-electron chi connectivity index (χ1n) is 4.81. The molecule has 2 N–H and O–H groups in total. The quantitative estimate of drug-likeness (QED) is 0.869. The molecule has 2 aromatic rings. The highest BCUT2D eigenvalue weighted by Crippen LogP contribution is 2.28. The molecule has 4 nitrogen and oxygen atoms in total. The zero-order valence-corrected chi connectivity index (χ0v) is 8.62. The minimum absolute atomic E-state index is 0.175. The monoisotopic (exact) mass is 242 g/mol. The van der Waals surface area contributed by atoms with Crippen molar-refractivity contribution in [3.8, 4) is 0 Å². The molecule has 0 aromatic carbocycles. The highest BCUT2D eigenvalue weighted by Gasteiger charge is 2.32. The van der Waals surface area contributed by atoms with Gasteiger partial charge in [-0.25, -0.2) is 9.97 Å². The average Bonchev–Trinajstić information content (AvgIpc) is 2.78. The third kappa shape index (κ3) is 2.96. The Morgan fingerprint density at radius 2 is 2.12 bits per heavy atom. The normalized spacial score (nSPS) is 11.5.